The van der Waals surface area contributed by atoms with Crippen molar-refractivity contribution in [3.05, 3.63) is 62.1 Å². The largest absolute Gasteiger partial charge is 0.465 e. The summed E-state index contributed by atoms with van der Waals surface area (Å²) in [6.07, 6.45) is 7.08. The first-order valence-corrected chi connectivity index (χ1v) is 12.2. The van der Waals surface area contributed by atoms with Gasteiger partial charge >= 0.3 is 5.97 Å². The molecule has 6 nitrogen and oxygen atoms in total. The fraction of sp³-hybridized carbons (Fsp3) is 0.318. The zero-order valence-electron chi connectivity index (χ0n) is 17.4. The van der Waals surface area contributed by atoms with E-state index in [1.165, 1.54) is 18.4 Å². The number of benzene rings is 1. The highest BCUT2D eigenvalue weighted by atomic mass is 35.5. The molecule has 0 radical (unpaired) electrons. The SMILES string of the molecule is COC(=O)c1c(NC(=S)Nc2ccn(Cc3ccc(Cl)cc3Cl)n2)sc2c1CCCCC2. The number of fused-ring (bicyclic) bond motifs is 1. The lowest BCUT2D eigenvalue weighted by Gasteiger charge is -2.10. The Hall–Kier alpha value is -2.13. The van der Waals surface area contributed by atoms with Crippen LogP contribution in [0.4, 0.5) is 10.8 Å². The molecule has 0 aliphatic heterocycles. The van der Waals surface area contributed by atoms with Crippen molar-refractivity contribution in [2.24, 2.45) is 0 Å². The van der Waals surface area contributed by atoms with Crippen molar-refractivity contribution in [3.63, 3.8) is 0 Å². The Morgan fingerprint density at radius 3 is 2.81 bits per heavy atom. The number of aryl methyl sites for hydroxylation is 1. The first-order chi connectivity index (χ1) is 15.4. The molecular weight excluding hydrogens is 487 g/mol. The van der Waals surface area contributed by atoms with E-state index >= 15 is 0 Å². The first-order valence-electron chi connectivity index (χ1n) is 10.2. The topological polar surface area (TPSA) is 68.2 Å². The van der Waals surface area contributed by atoms with Gasteiger partial charge in [-0.2, -0.15) is 5.10 Å². The summed E-state index contributed by atoms with van der Waals surface area (Å²) in [4.78, 5) is 13.7. The van der Waals surface area contributed by atoms with Gasteiger partial charge in [-0.15, -0.1) is 11.3 Å². The summed E-state index contributed by atoms with van der Waals surface area (Å²) in [6.45, 7) is 0.502. The van der Waals surface area contributed by atoms with Crippen molar-refractivity contribution >= 4 is 68.7 Å². The van der Waals surface area contributed by atoms with Crippen LogP contribution in [0, 0.1) is 0 Å². The van der Waals surface area contributed by atoms with Gasteiger partial charge in [-0.3, -0.25) is 4.68 Å². The maximum absolute atomic E-state index is 12.5. The number of thiocarbonyl (C=S) groups is 1. The molecule has 3 aromatic rings. The molecule has 2 N–H and O–H groups in total. The van der Waals surface area contributed by atoms with Crippen LogP contribution in [0.1, 0.15) is 45.6 Å². The number of aromatic nitrogens is 2. The summed E-state index contributed by atoms with van der Waals surface area (Å²) in [6, 6.07) is 7.21. The van der Waals surface area contributed by atoms with E-state index in [0.29, 0.717) is 38.1 Å². The molecule has 10 heteroatoms. The fourth-order valence-corrected chi connectivity index (χ4v) is 5.76. The van der Waals surface area contributed by atoms with Gasteiger partial charge in [-0.05, 0) is 61.2 Å². The Labute approximate surface area is 205 Å². The predicted molar refractivity (Wildman–Crippen MR) is 135 cm³/mol. The van der Waals surface area contributed by atoms with E-state index in [2.05, 4.69) is 15.7 Å². The van der Waals surface area contributed by atoms with E-state index in [1.54, 1.807) is 28.2 Å². The number of methoxy groups -OCH3 is 1. The maximum atomic E-state index is 12.5. The normalized spacial score (nSPS) is 13.2. The van der Waals surface area contributed by atoms with Crippen molar-refractivity contribution in [3.8, 4) is 0 Å². The van der Waals surface area contributed by atoms with Gasteiger partial charge in [0.15, 0.2) is 10.9 Å². The van der Waals surface area contributed by atoms with Crippen LogP contribution in [0.15, 0.2) is 30.5 Å². The van der Waals surface area contributed by atoms with Gasteiger partial charge < -0.3 is 15.4 Å². The number of halogens is 2. The van der Waals surface area contributed by atoms with Crippen LogP contribution in [-0.4, -0.2) is 28.0 Å². The third-order valence-corrected chi connectivity index (χ3v) is 7.27. The number of ether oxygens (including phenoxy) is 1. The number of hydrogen-bond donors (Lipinski definition) is 2. The van der Waals surface area contributed by atoms with E-state index in [-0.39, 0.29) is 5.97 Å². The Morgan fingerprint density at radius 2 is 2.03 bits per heavy atom. The molecule has 1 aliphatic carbocycles. The van der Waals surface area contributed by atoms with Crippen molar-refractivity contribution in [2.75, 3.05) is 17.7 Å². The number of rotatable bonds is 5. The van der Waals surface area contributed by atoms with E-state index in [9.17, 15) is 4.79 Å². The Bertz CT molecular complexity index is 1160. The molecule has 0 saturated carbocycles. The molecule has 2 heterocycles. The smallest absolute Gasteiger partial charge is 0.341 e. The molecule has 0 fully saturated rings. The van der Waals surface area contributed by atoms with Crippen LogP contribution in [-0.2, 0) is 24.1 Å². The lowest BCUT2D eigenvalue weighted by Crippen LogP contribution is -2.20. The van der Waals surface area contributed by atoms with Crippen LogP contribution in [0.2, 0.25) is 10.0 Å². The second kappa shape index (κ2) is 10.2. The standard InChI is InChI=1S/C22H22Cl2N4O2S2/c1-30-21(29)19-15-5-3-2-4-6-17(15)32-20(19)26-22(31)25-18-9-10-28(27-18)12-13-7-8-14(23)11-16(13)24/h7-11H,2-6,12H2,1H3,(H2,25,26,27,31). The number of carbonyl (C=O) groups excluding carboxylic acids is 1. The van der Waals surface area contributed by atoms with Gasteiger partial charge in [0.1, 0.15) is 5.00 Å². The monoisotopic (exact) mass is 508 g/mol. The minimum Gasteiger partial charge on any atom is -0.465 e. The van der Waals surface area contributed by atoms with Crippen molar-refractivity contribution in [1.82, 2.24) is 9.78 Å². The molecule has 0 saturated heterocycles. The van der Waals surface area contributed by atoms with E-state index in [1.807, 2.05) is 18.3 Å². The predicted octanol–water partition coefficient (Wildman–Crippen LogP) is 6.16. The summed E-state index contributed by atoms with van der Waals surface area (Å²) < 4.78 is 6.81. The molecule has 4 rings (SSSR count). The van der Waals surface area contributed by atoms with Gasteiger partial charge in [0.05, 0.1) is 19.2 Å². The third-order valence-electron chi connectivity index (χ3n) is 5.27. The number of esters is 1. The zero-order chi connectivity index (χ0) is 22.7. The van der Waals surface area contributed by atoms with Gasteiger partial charge in [0, 0.05) is 27.2 Å². The highest BCUT2D eigenvalue weighted by molar-refractivity contribution is 7.80. The average molecular weight is 509 g/mol. The second-order valence-corrected chi connectivity index (χ2v) is 9.83. The van der Waals surface area contributed by atoms with Crippen LogP contribution in [0.25, 0.3) is 0 Å². The molecule has 0 amide bonds. The molecule has 168 valence electrons. The number of nitrogens with zero attached hydrogens (tertiary/aromatic N) is 2. The van der Waals surface area contributed by atoms with Gasteiger partial charge in [-0.25, -0.2) is 4.79 Å². The number of nitrogens with one attached hydrogen (secondary N) is 2. The quantitative estimate of drug-likeness (QED) is 0.244. The Kier molecular flexibility index (Phi) is 7.35. The molecule has 0 spiro atoms. The lowest BCUT2D eigenvalue weighted by atomic mass is 10.1. The molecule has 0 atom stereocenters. The van der Waals surface area contributed by atoms with Gasteiger partial charge in [0.2, 0.25) is 0 Å². The molecule has 1 aliphatic rings. The molecule has 32 heavy (non-hydrogen) atoms. The van der Waals surface area contributed by atoms with Crippen LogP contribution in [0.5, 0.6) is 0 Å². The Morgan fingerprint density at radius 1 is 1.22 bits per heavy atom. The van der Waals surface area contributed by atoms with E-state index in [4.69, 9.17) is 40.2 Å². The number of anilines is 2. The van der Waals surface area contributed by atoms with Gasteiger partial charge in [0.25, 0.3) is 0 Å². The van der Waals surface area contributed by atoms with Crippen molar-refractivity contribution in [2.45, 2.75) is 38.6 Å². The minimum absolute atomic E-state index is 0.334. The summed E-state index contributed by atoms with van der Waals surface area (Å²) in [5, 5.41) is 13.0. The lowest BCUT2D eigenvalue weighted by molar-refractivity contribution is 0.0601. The maximum Gasteiger partial charge on any atom is 0.341 e. The fourth-order valence-electron chi connectivity index (χ4n) is 3.74. The Balaban J connectivity index is 1.46. The highest BCUT2D eigenvalue weighted by Gasteiger charge is 2.25. The zero-order valence-corrected chi connectivity index (χ0v) is 20.6. The van der Waals surface area contributed by atoms with Crippen molar-refractivity contribution < 1.29 is 9.53 Å². The number of hydrogen-bond acceptors (Lipinski definition) is 5. The molecular formula is C22H22Cl2N4O2S2. The molecule has 0 bridgehead atoms. The van der Waals surface area contributed by atoms with E-state index in [0.717, 1.165) is 36.8 Å². The third kappa shape index (κ3) is 5.26. The average Bonchev–Trinajstić information content (AvgIpc) is 3.25. The molecule has 1 aromatic carbocycles. The van der Waals surface area contributed by atoms with Crippen molar-refractivity contribution in [1.29, 1.82) is 0 Å². The summed E-state index contributed by atoms with van der Waals surface area (Å²) in [5.41, 5.74) is 2.60. The first kappa shape index (κ1) is 23.0. The minimum atomic E-state index is -0.334. The number of thiophene rings is 1. The summed E-state index contributed by atoms with van der Waals surface area (Å²) in [5.74, 6) is 0.254. The second-order valence-electron chi connectivity index (χ2n) is 7.47. The van der Waals surface area contributed by atoms with Crippen LogP contribution in [0.3, 0.4) is 0 Å². The molecule has 2 aromatic heterocycles. The molecule has 0 unspecified atom stereocenters. The highest BCUT2D eigenvalue weighted by Crippen LogP contribution is 2.38. The summed E-state index contributed by atoms with van der Waals surface area (Å²) in [7, 11) is 1.41. The van der Waals surface area contributed by atoms with Crippen LogP contribution >= 0.6 is 46.8 Å². The van der Waals surface area contributed by atoms with Crippen LogP contribution < -0.4 is 10.6 Å². The van der Waals surface area contributed by atoms with Gasteiger partial charge in [-0.1, -0.05) is 35.7 Å². The van der Waals surface area contributed by atoms with E-state index < -0.39 is 0 Å². The summed E-state index contributed by atoms with van der Waals surface area (Å²) >= 11 is 19.3. The number of carbonyl (C=O) groups is 1.